The SMILES string of the molecule is Cc1ccc(NCC(=O)Nc2cc(C)c(C)cc2[N+](=O)[O-])c(F)c1. The number of amides is 1. The Labute approximate surface area is 138 Å². The molecule has 7 heteroatoms. The number of rotatable bonds is 5. The highest BCUT2D eigenvalue weighted by atomic mass is 19.1. The Bertz CT molecular complexity index is 806. The summed E-state index contributed by atoms with van der Waals surface area (Å²) in [4.78, 5) is 22.6. The highest BCUT2D eigenvalue weighted by Crippen LogP contribution is 2.27. The second-order valence-electron chi connectivity index (χ2n) is 5.60. The number of halogens is 1. The predicted molar refractivity (Wildman–Crippen MR) is 90.8 cm³/mol. The average Bonchev–Trinajstić information content (AvgIpc) is 2.49. The van der Waals surface area contributed by atoms with Gasteiger partial charge in [-0.15, -0.1) is 0 Å². The Morgan fingerprint density at radius 1 is 1.12 bits per heavy atom. The van der Waals surface area contributed by atoms with E-state index < -0.39 is 16.6 Å². The van der Waals surface area contributed by atoms with Crippen LogP contribution in [0.15, 0.2) is 30.3 Å². The number of nitro benzene ring substituents is 1. The van der Waals surface area contributed by atoms with Crippen LogP contribution >= 0.6 is 0 Å². The van der Waals surface area contributed by atoms with Gasteiger partial charge in [0.1, 0.15) is 11.5 Å². The van der Waals surface area contributed by atoms with Gasteiger partial charge in [0, 0.05) is 6.07 Å². The number of nitrogens with one attached hydrogen (secondary N) is 2. The molecule has 0 aliphatic carbocycles. The molecule has 24 heavy (non-hydrogen) atoms. The summed E-state index contributed by atoms with van der Waals surface area (Å²) >= 11 is 0. The normalized spacial score (nSPS) is 10.3. The minimum Gasteiger partial charge on any atom is -0.374 e. The summed E-state index contributed by atoms with van der Waals surface area (Å²) in [6.45, 7) is 5.12. The van der Waals surface area contributed by atoms with Crippen molar-refractivity contribution in [2.75, 3.05) is 17.2 Å². The lowest BCUT2D eigenvalue weighted by atomic mass is 10.1. The maximum Gasteiger partial charge on any atom is 0.293 e. The molecule has 0 aliphatic heterocycles. The fraction of sp³-hybridized carbons (Fsp3) is 0.235. The molecular formula is C17H18FN3O3. The number of carbonyl (C=O) groups is 1. The van der Waals surface area contributed by atoms with Crippen molar-refractivity contribution < 1.29 is 14.1 Å². The molecule has 0 fully saturated rings. The van der Waals surface area contributed by atoms with Gasteiger partial charge in [0.2, 0.25) is 5.91 Å². The quantitative estimate of drug-likeness (QED) is 0.646. The summed E-state index contributed by atoms with van der Waals surface area (Å²) in [7, 11) is 0. The van der Waals surface area contributed by atoms with E-state index in [9.17, 15) is 19.3 Å². The highest BCUT2D eigenvalue weighted by molar-refractivity contribution is 5.96. The van der Waals surface area contributed by atoms with E-state index in [0.717, 1.165) is 16.7 Å². The fourth-order valence-electron chi connectivity index (χ4n) is 2.19. The van der Waals surface area contributed by atoms with Crippen molar-refractivity contribution in [2.45, 2.75) is 20.8 Å². The van der Waals surface area contributed by atoms with Crippen LogP contribution in [0, 0.1) is 36.7 Å². The number of aryl methyl sites for hydroxylation is 3. The summed E-state index contributed by atoms with van der Waals surface area (Å²) < 4.78 is 13.7. The van der Waals surface area contributed by atoms with Crippen molar-refractivity contribution in [3.8, 4) is 0 Å². The third-order valence-electron chi connectivity index (χ3n) is 3.65. The molecule has 0 heterocycles. The molecule has 0 unspecified atom stereocenters. The number of anilines is 2. The zero-order valence-electron chi connectivity index (χ0n) is 13.6. The Morgan fingerprint density at radius 3 is 2.42 bits per heavy atom. The minimum absolute atomic E-state index is 0.124. The molecule has 0 atom stereocenters. The Balaban J connectivity index is 2.10. The van der Waals surface area contributed by atoms with Crippen LogP contribution in [0.4, 0.5) is 21.5 Å². The maximum atomic E-state index is 13.7. The lowest BCUT2D eigenvalue weighted by Crippen LogP contribution is -2.22. The standard InChI is InChI=1S/C17H18FN3O3/c1-10-4-5-14(13(18)6-10)19-9-17(22)20-15-7-11(2)12(3)8-16(15)21(23)24/h4-8,19H,9H2,1-3H3,(H,20,22). The van der Waals surface area contributed by atoms with Gasteiger partial charge in [0.05, 0.1) is 17.2 Å². The van der Waals surface area contributed by atoms with Gasteiger partial charge in [0.25, 0.3) is 5.69 Å². The van der Waals surface area contributed by atoms with Crippen molar-refractivity contribution >= 4 is 23.0 Å². The van der Waals surface area contributed by atoms with E-state index in [2.05, 4.69) is 10.6 Å². The summed E-state index contributed by atoms with van der Waals surface area (Å²) in [5, 5.41) is 16.3. The van der Waals surface area contributed by atoms with Gasteiger partial charge in [-0.3, -0.25) is 14.9 Å². The number of nitrogens with zero attached hydrogens (tertiary/aromatic N) is 1. The third-order valence-corrected chi connectivity index (χ3v) is 3.65. The number of hydrogen-bond acceptors (Lipinski definition) is 4. The summed E-state index contributed by atoms with van der Waals surface area (Å²) in [6, 6.07) is 7.58. The first-order valence-electron chi connectivity index (χ1n) is 7.33. The van der Waals surface area contributed by atoms with Gasteiger partial charge in [0.15, 0.2) is 0 Å². The van der Waals surface area contributed by atoms with Crippen LogP contribution in [0.25, 0.3) is 0 Å². The van der Waals surface area contributed by atoms with Crippen LogP contribution in [0.1, 0.15) is 16.7 Å². The lowest BCUT2D eigenvalue weighted by Gasteiger charge is -2.11. The molecule has 2 N–H and O–H groups in total. The van der Waals surface area contributed by atoms with Crippen molar-refractivity contribution in [1.82, 2.24) is 0 Å². The van der Waals surface area contributed by atoms with Crippen LogP contribution in [-0.2, 0) is 4.79 Å². The van der Waals surface area contributed by atoms with Crippen LogP contribution in [-0.4, -0.2) is 17.4 Å². The van der Waals surface area contributed by atoms with E-state index in [0.29, 0.717) is 0 Å². The Hall–Kier alpha value is -2.96. The molecule has 0 saturated heterocycles. The first-order valence-corrected chi connectivity index (χ1v) is 7.33. The smallest absolute Gasteiger partial charge is 0.293 e. The molecule has 0 radical (unpaired) electrons. The monoisotopic (exact) mass is 331 g/mol. The topological polar surface area (TPSA) is 84.3 Å². The van der Waals surface area contributed by atoms with Gasteiger partial charge in [-0.25, -0.2) is 4.39 Å². The second-order valence-corrected chi connectivity index (χ2v) is 5.60. The predicted octanol–water partition coefficient (Wildman–Crippen LogP) is 3.71. The van der Waals surface area contributed by atoms with E-state index >= 15 is 0 Å². The zero-order valence-corrected chi connectivity index (χ0v) is 13.6. The molecule has 0 bridgehead atoms. The summed E-state index contributed by atoms with van der Waals surface area (Å²) in [6.07, 6.45) is 0. The molecule has 2 aromatic carbocycles. The second kappa shape index (κ2) is 7.08. The number of hydrogen-bond donors (Lipinski definition) is 2. The molecule has 126 valence electrons. The Kier molecular flexibility index (Phi) is 5.13. The van der Waals surface area contributed by atoms with Crippen LogP contribution in [0.5, 0.6) is 0 Å². The van der Waals surface area contributed by atoms with Crippen LogP contribution in [0.2, 0.25) is 0 Å². The van der Waals surface area contributed by atoms with Crippen molar-refractivity contribution in [2.24, 2.45) is 0 Å². The first-order chi connectivity index (χ1) is 11.3. The Morgan fingerprint density at radius 2 is 1.79 bits per heavy atom. The fourth-order valence-corrected chi connectivity index (χ4v) is 2.19. The van der Waals surface area contributed by atoms with E-state index in [-0.39, 0.29) is 23.6 Å². The molecule has 0 aliphatic rings. The van der Waals surface area contributed by atoms with Crippen molar-refractivity contribution in [3.63, 3.8) is 0 Å². The molecule has 0 spiro atoms. The molecule has 6 nitrogen and oxygen atoms in total. The van der Waals surface area contributed by atoms with Gasteiger partial charge in [-0.1, -0.05) is 6.07 Å². The van der Waals surface area contributed by atoms with Gasteiger partial charge < -0.3 is 10.6 Å². The zero-order chi connectivity index (χ0) is 17.9. The molecule has 0 aromatic heterocycles. The number of carbonyl (C=O) groups excluding carboxylic acids is 1. The summed E-state index contributed by atoms with van der Waals surface area (Å²) in [5.41, 5.74) is 2.51. The first kappa shape index (κ1) is 17.4. The molecule has 1 amide bonds. The van der Waals surface area contributed by atoms with E-state index in [1.54, 1.807) is 32.9 Å². The van der Waals surface area contributed by atoms with E-state index in [1.165, 1.54) is 18.2 Å². The minimum atomic E-state index is -0.547. The van der Waals surface area contributed by atoms with E-state index in [1.807, 2.05) is 0 Å². The number of nitro groups is 1. The molecular weight excluding hydrogens is 313 g/mol. The van der Waals surface area contributed by atoms with Gasteiger partial charge >= 0.3 is 0 Å². The molecule has 2 rings (SSSR count). The van der Waals surface area contributed by atoms with Gasteiger partial charge in [-0.05, 0) is 55.7 Å². The molecule has 0 saturated carbocycles. The van der Waals surface area contributed by atoms with Crippen LogP contribution in [0.3, 0.4) is 0 Å². The van der Waals surface area contributed by atoms with Crippen molar-refractivity contribution in [1.29, 1.82) is 0 Å². The van der Waals surface area contributed by atoms with E-state index in [4.69, 9.17) is 0 Å². The van der Waals surface area contributed by atoms with Crippen molar-refractivity contribution in [3.05, 3.63) is 63.0 Å². The average molecular weight is 331 g/mol. The van der Waals surface area contributed by atoms with Crippen LogP contribution < -0.4 is 10.6 Å². The third kappa shape index (κ3) is 4.07. The highest BCUT2D eigenvalue weighted by Gasteiger charge is 2.17. The van der Waals surface area contributed by atoms with Gasteiger partial charge in [-0.2, -0.15) is 0 Å². The summed E-state index contributed by atoms with van der Waals surface area (Å²) in [5.74, 6) is -0.957. The molecule has 2 aromatic rings. The lowest BCUT2D eigenvalue weighted by molar-refractivity contribution is -0.384. The largest absolute Gasteiger partial charge is 0.374 e. The maximum absolute atomic E-state index is 13.7. The number of benzene rings is 2.